The lowest BCUT2D eigenvalue weighted by Gasteiger charge is -2.35. The van der Waals surface area contributed by atoms with Crippen molar-refractivity contribution in [1.82, 2.24) is 24.8 Å². The van der Waals surface area contributed by atoms with Crippen LogP contribution in [0.4, 0.5) is 14.6 Å². The number of pyridine rings is 2. The highest BCUT2D eigenvalue weighted by Gasteiger charge is 2.30. The van der Waals surface area contributed by atoms with Gasteiger partial charge in [0.15, 0.2) is 5.65 Å². The first-order valence-electron chi connectivity index (χ1n) is 14.6. The fourth-order valence-electron chi connectivity index (χ4n) is 6.23. The Morgan fingerprint density at radius 2 is 1.86 bits per heavy atom. The van der Waals surface area contributed by atoms with Crippen LogP contribution in [0.5, 0.6) is 0 Å². The summed E-state index contributed by atoms with van der Waals surface area (Å²) < 4.78 is 33.1. The number of nitrogens with zero attached hydrogens (tertiary/aromatic N) is 5. The number of halogens is 2. The molecule has 0 saturated carbocycles. The Morgan fingerprint density at radius 1 is 1.10 bits per heavy atom. The first-order chi connectivity index (χ1) is 20.1. The number of aryl methyl sites for hydroxylation is 2. The lowest BCUT2D eigenvalue weighted by molar-refractivity contribution is 0.0426. The average Bonchev–Trinajstić information content (AvgIpc) is 2.95. The van der Waals surface area contributed by atoms with Gasteiger partial charge in [-0.1, -0.05) is 26.0 Å². The lowest BCUT2D eigenvalue weighted by atomic mass is 9.88. The van der Waals surface area contributed by atoms with Crippen LogP contribution in [0.3, 0.4) is 0 Å². The van der Waals surface area contributed by atoms with Gasteiger partial charge in [-0.25, -0.2) is 23.1 Å². The number of hydrogen-bond acceptors (Lipinski definition) is 7. The smallest absolute Gasteiger partial charge is 0.355 e. The van der Waals surface area contributed by atoms with Gasteiger partial charge >= 0.3 is 5.69 Å². The molecule has 1 unspecified atom stereocenters. The standard InChI is InChI=1S/C32H36F2N6O2/c1-18(2)26-28-21(10-13-36-26)9-12-32(4,42)11-8-20-6-5-7-23(33)25(20)27-24(34)16-22-29(39-15-14-35-17-19(39)3)38-31(41)40(28)30(22)37-27/h5-7,10,13,16,18-19,35,42H,8-9,11-12,14-15,17H2,1-4H3/t19-,32?/m0/s1. The highest BCUT2D eigenvalue weighted by Crippen LogP contribution is 2.37. The molecule has 2 atom stereocenters. The van der Waals surface area contributed by atoms with Crippen molar-refractivity contribution in [2.45, 2.75) is 70.9 Å². The largest absolute Gasteiger partial charge is 0.390 e. The number of aromatic nitrogens is 4. The van der Waals surface area contributed by atoms with E-state index in [4.69, 9.17) is 4.98 Å². The van der Waals surface area contributed by atoms with E-state index >= 15 is 8.78 Å². The van der Waals surface area contributed by atoms with Crippen LogP contribution in [0, 0.1) is 11.6 Å². The lowest BCUT2D eigenvalue weighted by Crippen LogP contribution is -2.50. The Hall–Kier alpha value is -3.76. The number of piperazine rings is 1. The van der Waals surface area contributed by atoms with Gasteiger partial charge in [0.25, 0.3) is 0 Å². The molecule has 2 bridgehead atoms. The van der Waals surface area contributed by atoms with Crippen molar-refractivity contribution in [1.29, 1.82) is 0 Å². The molecule has 2 aliphatic heterocycles. The first-order valence-corrected chi connectivity index (χ1v) is 14.6. The number of benzene rings is 1. The highest BCUT2D eigenvalue weighted by molar-refractivity contribution is 5.91. The van der Waals surface area contributed by atoms with E-state index < -0.39 is 22.9 Å². The molecule has 0 amide bonds. The van der Waals surface area contributed by atoms with E-state index in [9.17, 15) is 9.90 Å². The molecule has 0 spiro atoms. The summed E-state index contributed by atoms with van der Waals surface area (Å²) in [5.41, 5.74) is 0.933. The summed E-state index contributed by atoms with van der Waals surface area (Å²) in [7, 11) is 0. The zero-order valence-corrected chi connectivity index (χ0v) is 24.4. The number of aliphatic hydroxyl groups is 1. The molecular formula is C32H36F2N6O2. The quantitative estimate of drug-likeness (QED) is 0.359. The van der Waals surface area contributed by atoms with Crippen molar-refractivity contribution in [3.63, 3.8) is 0 Å². The topological polar surface area (TPSA) is 96.2 Å². The molecule has 0 radical (unpaired) electrons. The number of fused-ring (bicyclic) bond motifs is 5. The summed E-state index contributed by atoms with van der Waals surface area (Å²) in [6, 6.07) is 7.79. The van der Waals surface area contributed by atoms with E-state index in [-0.39, 0.29) is 28.9 Å². The molecule has 6 rings (SSSR count). The first kappa shape index (κ1) is 28.4. The predicted octanol–water partition coefficient (Wildman–Crippen LogP) is 4.67. The Labute approximate surface area is 243 Å². The fraction of sp³-hybridized carbons (Fsp3) is 0.438. The Balaban J connectivity index is 1.77. The second-order valence-electron chi connectivity index (χ2n) is 12.1. The van der Waals surface area contributed by atoms with Crippen LogP contribution in [0.2, 0.25) is 0 Å². The molecule has 5 heterocycles. The van der Waals surface area contributed by atoms with Crippen molar-refractivity contribution in [3.05, 3.63) is 75.5 Å². The van der Waals surface area contributed by atoms with E-state index in [0.29, 0.717) is 73.5 Å². The molecule has 1 fully saturated rings. The molecule has 0 aliphatic carbocycles. The SMILES string of the molecule is CC(C)c1nccc2c1-n1c(=O)nc(N3CCNC[C@@H]3C)c3cc(F)c(nc31)-c1c(F)cccc1CCC(C)(O)CC2. The summed E-state index contributed by atoms with van der Waals surface area (Å²) >= 11 is 0. The molecule has 220 valence electrons. The van der Waals surface area contributed by atoms with Crippen LogP contribution in [0.15, 0.2) is 41.3 Å². The van der Waals surface area contributed by atoms with Gasteiger partial charge in [-0.05, 0) is 74.8 Å². The zero-order chi connectivity index (χ0) is 29.8. The molecule has 2 N–H and O–H groups in total. The minimum Gasteiger partial charge on any atom is -0.390 e. The van der Waals surface area contributed by atoms with Crippen molar-refractivity contribution < 1.29 is 13.9 Å². The van der Waals surface area contributed by atoms with E-state index in [1.807, 2.05) is 31.7 Å². The second-order valence-corrected chi connectivity index (χ2v) is 12.1. The number of anilines is 1. The van der Waals surface area contributed by atoms with Crippen LogP contribution in [-0.2, 0) is 12.8 Å². The summed E-state index contributed by atoms with van der Waals surface area (Å²) in [6.07, 6.45) is 3.23. The van der Waals surface area contributed by atoms with Gasteiger partial charge in [0, 0.05) is 37.4 Å². The zero-order valence-electron chi connectivity index (χ0n) is 24.4. The summed E-state index contributed by atoms with van der Waals surface area (Å²) in [4.78, 5) is 30.1. The fourth-order valence-corrected chi connectivity index (χ4v) is 6.23. The summed E-state index contributed by atoms with van der Waals surface area (Å²) in [5.74, 6) is -1.03. The summed E-state index contributed by atoms with van der Waals surface area (Å²) in [6.45, 7) is 9.70. The summed E-state index contributed by atoms with van der Waals surface area (Å²) in [5, 5.41) is 15.1. The van der Waals surface area contributed by atoms with Crippen molar-refractivity contribution >= 4 is 16.9 Å². The van der Waals surface area contributed by atoms with Gasteiger partial charge in [-0.2, -0.15) is 4.98 Å². The molecule has 10 heteroatoms. The molecular weight excluding hydrogens is 538 g/mol. The van der Waals surface area contributed by atoms with E-state index in [0.717, 1.165) is 5.56 Å². The molecule has 42 heavy (non-hydrogen) atoms. The van der Waals surface area contributed by atoms with E-state index in [1.54, 1.807) is 25.3 Å². The van der Waals surface area contributed by atoms with Gasteiger partial charge in [-0.15, -0.1) is 0 Å². The minimum absolute atomic E-state index is 0.00197. The third-order valence-electron chi connectivity index (χ3n) is 8.58. The maximum Gasteiger partial charge on any atom is 0.355 e. The maximum atomic E-state index is 16.2. The number of nitrogens with one attached hydrogen (secondary N) is 1. The van der Waals surface area contributed by atoms with Gasteiger partial charge in [-0.3, -0.25) is 4.98 Å². The Kier molecular flexibility index (Phi) is 7.31. The molecule has 1 saturated heterocycles. The number of hydrogen-bond donors (Lipinski definition) is 2. The molecule has 4 aromatic rings. The second kappa shape index (κ2) is 10.8. The molecule has 8 nitrogen and oxygen atoms in total. The van der Waals surface area contributed by atoms with Crippen LogP contribution in [0.1, 0.15) is 63.3 Å². The van der Waals surface area contributed by atoms with Gasteiger partial charge in [0.1, 0.15) is 23.1 Å². The normalized spacial score (nSPS) is 21.0. The predicted molar refractivity (Wildman–Crippen MR) is 159 cm³/mol. The highest BCUT2D eigenvalue weighted by atomic mass is 19.1. The minimum atomic E-state index is -1.10. The van der Waals surface area contributed by atoms with E-state index in [1.165, 1.54) is 16.7 Å². The van der Waals surface area contributed by atoms with Crippen molar-refractivity contribution in [2.75, 3.05) is 24.5 Å². The molecule has 3 aromatic heterocycles. The van der Waals surface area contributed by atoms with Crippen molar-refractivity contribution in [2.24, 2.45) is 0 Å². The van der Waals surface area contributed by atoms with Gasteiger partial charge in [0.2, 0.25) is 0 Å². The Morgan fingerprint density at radius 3 is 2.60 bits per heavy atom. The van der Waals surface area contributed by atoms with Gasteiger partial charge in [0.05, 0.1) is 22.4 Å². The monoisotopic (exact) mass is 574 g/mol. The molecule has 1 aromatic carbocycles. The third-order valence-corrected chi connectivity index (χ3v) is 8.58. The van der Waals surface area contributed by atoms with Crippen LogP contribution < -0.4 is 15.9 Å². The van der Waals surface area contributed by atoms with Crippen LogP contribution >= 0.6 is 0 Å². The van der Waals surface area contributed by atoms with Crippen molar-refractivity contribution in [3.8, 4) is 16.9 Å². The maximum absolute atomic E-state index is 16.2. The third kappa shape index (κ3) is 4.96. The van der Waals surface area contributed by atoms with Gasteiger partial charge < -0.3 is 15.3 Å². The number of rotatable bonds is 2. The van der Waals surface area contributed by atoms with E-state index in [2.05, 4.69) is 15.3 Å². The Bertz CT molecular complexity index is 1730. The molecule has 2 aliphatic rings. The average molecular weight is 575 g/mol. The van der Waals surface area contributed by atoms with Crippen LogP contribution in [0.25, 0.3) is 28.0 Å². The van der Waals surface area contributed by atoms with Crippen LogP contribution in [-0.4, -0.2) is 55.9 Å².